The molecule has 0 aliphatic rings. The van der Waals surface area contributed by atoms with E-state index in [1.165, 1.54) is 18.4 Å². The lowest BCUT2D eigenvalue weighted by Gasteiger charge is -2.22. The van der Waals surface area contributed by atoms with Crippen LogP contribution >= 0.6 is 0 Å². The topological polar surface area (TPSA) is 67.6 Å². The minimum absolute atomic E-state index is 0.0631. The number of rotatable bonds is 10. The van der Waals surface area contributed by atoms with Crippen molar-refractivity contribution in [1.82, 2.24) is 15.2 Å². The van der Waals surface area contributed by atoms with E-state index in [-0.39, 0.29) is 23.5 Å². The Morgan fingerprint density at radius 2 is 1.90 bits per heavy atom. The normalized spacial score (nSPS) is 12.0. The third kappa shape index (κ3) is 6.39. The lowest BCUT2D eigenvalue weighted by Crippen LogP contribution is -2.32. The first-order chi connectivity index (χ1) is 15.0. The van der Waals surface area contributed by atoms with Crippen molar-refractivity contribution in [3.8, 4) is 5.75 Å². The first-order valence-electron chi connectivity index (χ1n) is 10.3. The van der Waals surface area contributed by atoms with Gasteiger partial charge in [0, 0.05) is 24.7 Å². The first kappa shape index (κ1) is 22.5. The molecule has 1 heterocycles. The summed E-state index contributed by atoms with van der Waals surface area (Å²) >= 11 is 0. The Bertz CT molecular complexity index is 988. The summed E-state index contributed by atoms with van der Waals surface area (Å²) in [5.74, 6) is 0.697. The van der Waals surface area contributed by atoms with Gasteiger partial charge in [0.05, 0.1) is 13.7 Å². The van der Waals surface area contributed by atoms with Gasteiger partial charge in [0.25, 0.3) is 5.91 Å². The van der Waals surface area contributed by atoms with Crippen LogP contribution in [-0.2, 0) is 19.6 Å². The Labute approximate surface area is 182 Å². The minimum Gasteiger partial charge on any atom is -0.496 e. The van der Waals surface area contributed by atoms with Crippen LogP contribution in [0.3, 0.4) is 0 Å². The second kappa shape index (κ2) is 10.7. The molecule has 0 spiro atoms. The molecule has 0 aliphatic heterocycles. The van der Waals surface area contributed by atoms with Gasteiger partial charge in [-0.1, -0.05) is 37.3 Å². The Morgan fingerprint density at radius 3 is 2.61 bits per heavy atom. The Kier molecular flexibility index (Phi) is 7.78. The maximum absolute atomic E-state index is 13.3. The van der Waals surface area contributed by atoms with Gasteiger partial charge in [0.15, 0.2) is 5.69 Å². The molecule has 31 heavy (non-hydrogen) atoms. The van der Waals surface area contributed by atoms with Crippen LogP contribution in [0.15, 0.2) is 59.2 Å². The largest absolute Gasteiger partial charge is 0.496 e. The average Bonchev–Trinajstić information content (AvgIpc) is 3.24. The molecule has 1 aromatic heterocycles. The highest BCUT2D eigenvalue weighted by atomic mass is 19.1. The zero-order chi connectivity index (χ0) is 22.2. The molecule has 0 aliphatic carbocycles. The summed E-state index contributed by atoms with van der Waals surface area (Å²) in [4.78, 5) is 18.8. The van der Waals surface area contributed by atoms with Gasteiger partial charge in [-0.15, -0.1) is 0 Å². The molecule has 2 aromatic carbocycles. The number of aromatic nitrogens is 1. The van der Waals surface area contributed by atoms with Crippen LogP contribution in [0.5, 0.6) is 5.75 Å². The molecule has 6 nitrogen and oxygen atoms in total. The third-order valence-electron chi connectivity index (χ3n) is 5.04. The summed E-state index contributed by atoms with van der Waals surface area (Å²) in [7, 11) is 1.64. The van der Waals surface area contributed by atoms with Crippen molar-refractivity contribution < 1.29 is 18.3 Å². The Balaban J connectivity index is 1.77. The van der Waals surface area contributed by atoms with Crippen molar-refractivity contribution >= 4 is 5.91 Å². The standard InChI is InChI=1S/C24H28FN3O3/c1-4-17(2)26-24(29)21-16-31-23(27-21)15-28(13-18-9-11-20(25)12-10-18)14-19-7-5-6-8-22(19)30-3/h5-12,16-17H,4,13-15H2,1-3H3,(H,26,29). The summed E-state index contributed by atoms with van der Waals surface area (Å²) in [6.45, 7) is 5.44. The highest BCUT2D eigenvalue weighted by Gasteiger charge is 2.17. The Hall–Kier alpha value is -3.19. The van der Waals surface area contributed by atoms with Crippen LogP contribution in [0.4, 0.5) is 4.39 Å². The van der Waals surface area contributed by atoms with Crippen molar-refractivity contribution in [2.24, 2.45) is 0 Å². The van der Waals surface area contributed by atoms with Crippen molar-refractivity contribution in [3.63, 3.8) is 0 Å². The quantitative estimate of drug-likeness (QED) is 0.516. The molecule has 0 radical (unpaired) electrons. The molecule has 3 aromatic rings. The van der Waals surface area contributed by atoms with Crippen LogP contribution in [0, 0.1) is 5.82 Å². The number of halogens is 1. The number of oxazole rings is 1. The highest BCUT2D eigenvalue weighted by molar-refractivity contribution is 5.92. The van der Waals surface area contributed by atoms with Gasteiger partial charge >= 0.3 is 0 Å². The van der Waals surface area contributed by atoms with Crippen molar-refractivity contribution in [2.75, 3.05) is 7.11 Å². The molecule has 0 fully saturated rings. The summed E-state index contributed by atoms with van der Waals surface area (Å²) in [5.41, 5.74) is 2.22. The SMILES string of the molecule is CCC(C)NC(=O)c1coc(CN(Cc2ccc(F)cc2)Cc2ccccc2OC)n1. The minimum atomic E-state index is -0.273. The number of nitrogens with zero attached hydrogens (tertiary/aromatic N) is 2. The number of ether oxygens (including phenoxy) is 1. The second-order valence-electron chi connectivity index (χ2n) is 7.49. The maximum atomic E-state index is 13.3. The molecule has 3 rings (SSSR count). The summed E-state index contributed by atoms with van der Waals surface area (Å²) in [6, 6.07) is 14.2. The predicted octanol–water partition coefficient (Wildman–Crippen LogP) is 4.55. The van der Waals surface area contributed by atoms with Gasteiger partial charge in [-0.25, -0.2) is 9.37 Å². The lowest BCUT2D eigenvalue weighted by atomic mass is 10.1. The van der Waals surface area contributed by atoms with Gasteiger partial charge in [-0.05, 0) is 37.1 Å². The van der Waals surface area contributed by atoms with E-state index in [1.807, 2.05) is 38.1 Å². The molecular formula is C24H28FN3O3. The van der Waals surface area contributed by atoms with Gasteiger partial charge in [0.2, 0.25) is 5.89 Å². The van der Waals surface area contributed by atoms with Crippen LogP contribution < -0.4 is 10.1 Å². The van der Waals surface area contributed by atoms with Crippen LogP contribution in [0.25, 0.3) is 0 Å². The molecular weight excluding hydrogens is 397 g/mol. The number of hydrogen-bond acceptors (Lipinski definition) is 5. The molecule has 0 saturated heterocycles. The highest BCUT2D eigenvalue weighted by Crippen LogP contribution is 2.22. The van der Waals surface area contributed by atoms with Gasteiger partial charge in [0.1, 0.15) is 17.8 Å². The molecule has 164 valence electrons. The molecule has 1 unspecified atom stereocenters. The first-order valence-corrected chi connectivity index (χ1v) is 10.3. The number of para-hydroxylation sites is 1. The van der Waals surface area contributed by atoms with E-state index in [4.69, 9.17) is 9.15 Å². The molecule has 1 amide bonds. The number of hydrogen-bond donors (Lipinski definition) is 1. The van der Waals surface area contributed by atoms with E-state index in [0.717, 1.165) is 23.3 Å². The fourth-order valence-electron chi connectivity index (χ4n) is 3.17. The van der Waals surface area contributed by atoms with E-state index in [1.54, 1.807) is 19.2 Å². The summed E-state index contributed by atoms with van der Waals surface area (Å²) < 4.78 is 24.4. The summed E-state index contributed by atoms with van der Waals surface area (Å²) in [6.07, 6.45) is 2.22. The van der Waals surface area contributed by atoms with Crippen molar-refractivity contribution in [3.05, 3.63) is 83.3 Å². The zero-order valence-corrected chi connectivity index (χ0v) is 18.1. The van der Waals surface area contributed by atoms with Crippen LogP contribution in [0.1, 0.15) is 47.8 Å². The zero-order valence-electron chi connectivity index (χ0n) is 18.1. The number of nitrogens with one attached hydrogen (secondary N) is 1. The van der Waals surface area contributed by atoms with E-state index < -0.39 is 0 Å². The molecule has 7 heteroatoms. The van der Waals surface area contributed by atoms with Gasteiger partial charge < -0.3 is 14.5 Å². The number of carbonyl (C=O) groups is 1. The van der Waals surface area contributed by atoms with Crippen molar-refractivity contribution in [1.29, 1.82) is 0 Å². The number of benzene rings is 2. The van der Waals surface area contributed by atoms with E-state index in [9.17, 15) is 9.18 Å². The molecule has 1 N–H and O–H groups in total. The second-order valence-corrected chi connectivity index (χ2v) is 7.49. The lowest BCUT2D eigenvalue weighted by molar-refractivity contribution is 0.0934. The predicted molar refractivity (Wildman–Crippen MR) is 116 cm³/mol. The Morgan fingerprint density at radius 1 is 1.16 bits per heavy atom. The van der Waals surface area contributed by atoms with Gasteiger partial charge in [-0.3, -0.25) is 9.69 Å². The van der Waals surface area contributed by atoms with Crippen LogP contribution in [-0.4, -0.2) is 28.9 Å². The fraction of sp³-hybridized carbons (Fsp3) is 0.333. The smallest absolute Gasteiger partial charge is 0.273 e. The number of methoxy groups -OCH3 is 1. The van der Waals surface area contributed by atoms with Crippen molar-refractivity contribution in [2.45, 2.75) is 45.9 Å². The summed E-state index contributed by atoms with van der Waals surface area (Å²) in [5, 5.41) is 2.89. The van der Waals surface area contributed by atoms with E-state index >= 15 is 0 Å². The molecule has 0 bridgehead atoms. The molecule has 0 saturated carbocycles. The fourth-order valence-corrected chi connectivity index (χ4v) is 3.17. The number of amides is 1. The van der Waals surface area contributed by atoms with Gasteiger partial charge in [-0.2, -0.15) is 0 Å². The monoisotopic (exact) mass is 425 g/mol. The average molecular weight is 426 g/mol. The molecule has 1 atom stereocenters. The van der Waals surface area contributed by atoms with E-state index in [2.05, 4.69) is 15.2 Å². The van der Waals surface area contributed by atoms with Crippen LogP contribution in [0.2, 0.25) is 0 Å². The van der Waals surface area contributed by atoms with E-state index in [0.29, 0.717) is 25.5 Å². The maximum Gasteiger partial charge on any atom is 0.273 e. The number of carbonyl (C=O) groups excluding carboxylic acids is 1. The third-order valence-corrected chi connectivity index (χ3v) is 5.04.